The normalized spacial score (nSPS) is 14.6. The van der Waals surface area contributed by atoms with E-state index in [0.29, 0.717) is 31.1 Å². The SMILES string of the molecule is COc1cccc(CC2(C(=O)NCC(N)=O)CN(c3ccc(C(=O)O)cn3)C2)c1. The van der Waals surface area contributed by atoms with E-state index in [-0.39, 0.29) is 18.0 Å². The lowest BCUT2D eigenvalue weighted by atomic mass is 9.73. The average Bonchev–Trinajstić information content (AvgIpc) is 2.68. The van der Waals surface area contributed by atoms with E-state index in [1.807, 2.05) is 29.2 Å². The molecular formula is C20H22N4O5. The summed E-state index contributed by atoms with van der Waals surface area (Å²) in [4.78, 5) is 41.0. The molecule has 0 radical (unpaired) electrons. The fraction of sp³-hybridized carbons (Fsp3) is 0.300. The molecule has 152 valence electrons. The molecule has 1 aromatic carbocycles. The Bertz CT molecular complexity index is 923. The summed E-state index contributed by atoms with van der Waals surface area (Å²) >= 11 is 0. The predicted octanol–water partition coefficient (Wildman–Crippen LogP) is 0.439. The molecule has 1 aromatic heterocycles. The number of carboxylic acids is 1. The molecule has 9 nitrogen and oxygen atoms in total. The highest BCUT2D eigenvalue weighted by atomic mass is 16.5. The van der Waals surface area contributed by atoms with Gasteiger partial charge in [-0.15, -0.1) is 0 Å². The van der Waals surface area contributed by atoms with E-state index < -0.39 is 17.3 Å². The minimum Gasteiger partial charge on any atom is -0.497 e. The molecular weight excluding hydrogens is 376 g/mol. The van der Waals surface area contributed by atoms with Crippen molar-refractivity contribution in [2.24, 2.45) is 11.1 Å². The predicted molar refractivity (Wildman–Crippen MR) is 105 cm³/mol. The lowest BCUT2D eigenvalue weighted by molar-refractivity contribution is -0.134. The Balaban J connectivity index is 1.78. The number of carbonyl (C=O) groups excluding carboxylic acids is 2. The summed E-state index contributed by atoms with van der Waals surface area (Å²) in [5, 5.41) is 11.6. The maximum atomic E-state index is 12.9. The summed E-state index contributed by atoms with van der Waals surface area (Å²) in [5.41, 5.74) is 5.40. The molecule has 1 fully saturated rings. The van der Waals surface area contributed by atoms with Crippen LogP contribution in [0.5, 0.6) is 5.75 Å². The Morgan fingerprint density at radius 1 is 1.28 bits per heavy atom. The number of pyridine rings is 1. The molecule has 0 atom stereocenters. The first-order valence-electron chi connectivity index (χ1n) is 8.97. The number of methoxy groups -OCH3 is 1. The second-order valence-corrected chi connectivity index (χ2v) is 7.02. The Morgan fingerprint density at radius 2 is 2.03 bits per heavy atom. The van der Waals surface area contributed by atoms with Crippen molar-refractivity contribution in [3.05, 3.63) is 53.7 Å². The van der Waals surface area contributed by atoms with Crippen LogP contribution in [0.1, 0.15) is 15.9 Å². The van der Waals surface area contributed by atoms with Crippen LogP contribution in [0.15, 0.2) is 42.6 Å². The fourth-order valence-corrected chi connectivity index (χ4v) is 3.41. The monoisotopic (exact) mass is 398 g/mol. The third kappa shape index (κ3) is 4.45. The molecule has 4 N–H and O–H groups in total. The van der Waals surface area contributed by atoms with E-state index in [9.17, 15) is 14.4 Å². The Hall–Kier alpha value is -3.62. The first kappa shape index (κ1) is 20.1. The molecule has 1 saturated heterocycles. The molecule has 1 aliphatic rings. The van der Waals surface area contributed by atoms with Crippen molar-refractivity contribution in [1.82, 2.24) is 10.3 Å². The molecule has 29 heavy (non-hydrogen) atoms. The lowest BCUT2D eigenvalue weighted by Gasteiger charge is -2.49. The quantitative estimate of drug-likeness (QED) is 0.587. The van der Waals surface area contributed by atoms with Gasteiger partial charge < -0.3 is 25.8 Å². The number of aromatic nitrogens is 1. The number of nitrogens with two attached hydrogens (primary N) is 1. The third-order valence-corrected chi connectivity index (χ3v) is 4.89. The topological polar surface area (TPSA) is 135 Å². The van der Waals surface area contributed by atoms with Gasteiger partial charge in [0.2, 0.25) is 11.8 Å². The largest absolute Gasteiger partial charge is 0.497 e. The summed E-state index contributed by atoms with van der Waals surface area (Å²) < 4.78 is 5.25. The van der Waals surface area contributed by atoms with E-state index in [4.69, 9.17) is 15.6 Å². The number of carboxylic acid groups (broad SMARTS) is 1. The van der Waals surface area contributed by atoms with Crippen LogP contribution in [0.3, 0.4) is 0 Å². The summed E-state index contributed by atoms with van der Waals surface area (Å²) in [5.74, 6) is -0.656. The van der Waals surface area contributed by atoms with Crippen molar-refractivity contribution in [2.45, 2.75) is 6.42 Å². The van der Waals surface area contributed by atoms with Gasteiger partial charge >= 0.3 is 5.97 Å². The number of rotatable bonds is 8. The highest BCUT2D eigenvalue weighted by Gasteiger charge is 2.49. The highest BCUT2D eigenvalue weighted by molar-refractivity contribution is 5.90. The van der Waals surface area contributed by atoms with Crippen molar-refractivity contribution in [1.29, 1.82) is 0 Å². The lowest BCUT2D eigenvalue weighted by Crippen LogP contribution is -2.65. The van der Waals surface area contributed by atoms with Crippen molar-refractivity contribution in [3.63, 3.8) is 0 Å². The van der Waals surface area contributed by atoms with Crippen LogP contribution in [-0.2, 0) is 16.0 Å². The Morgan fingerprint density at radius 3 is 2.62 bits per heavy atom. The Kier molecular flexibility index (Phi) is 5.67. The number of hydrogen-bond donors (Lipinski definition) is 3. The first-order valence-corrected chi connectivity index (χ1v) is 8.97. The van der Waals surface area contributed by atoms with Gasteiger partial charge in [-0.05, 0) is 36.2 Å². The zero-order valence-corrected chi connectivity index (χ0v) is 15.9. The van der Waals surface area contributed by atoms with Crippen LogP contribution in [0.2, 0.25) is 0 Å². The molecule has 2 aromatic rings. The van der Waals surface area contributed by atoms with Crippen LogP contribution in [0, 0.1) is 5.41 Å². The van der Waals surface area contributed by atoms with Crippen molar-refractivity contribution < 1.29 is 24.2 Å². The van der Waals surface area contributed by atoms with Gasteiger partial charge in [-0.3, -0.25) is 9.59 Å². The molecule has 2 amide bonds. The van der Waals surface area contributed by atoms with Gasteiger partial charge in [0.05, 0.1) is 24.6 Å². The van der Waals surface area contributed by atoms with Gasteiger partial charge in [0, 0.05) is 19.3 Å². The number of nitrogens with one attached hydrogen (secondary N) is 1. The number of hydrogen-bond acceptors (Lipinski definition) is 6. The molecule has 0 bridgehead atoms. The van der Waals surface area contributed by atoms with E-state index in [0.717, 1.165) is 5.56 Å². The number of aromatic carboxylic acids is 1. The minimum atomic E-state index is -1.05. The molecule has 1 aliphatic heterocycles. The van der Waals surface area contributed by atoms with E-state index in [1.54, 1.807) is 13.2 Å². The number of primary amides is 1. The van der Waals surface area contributed by atoms with Gasteiger partial charge in [-0.1, -0.05) is 12.1 Å². The van der Waals surface area contributed by atoms with Crippen LogP contribution in [0.25, 0.3) is 0 Å². The van der Waals surface area contributed by atoms with E-state index >= 15 is 0 Å². The maximum absolute atomic E-state index is 12.9. The van der Waals surface area contributed by atoms with Gasteiger partial charge in [0.15, 0.2) is 0 Å². The highest BCUT2D eigenvalue weighted by Crippen LogP contribution is 2.37. The number of carbonyl (C=O) groups is 3. The van der Waals surface area contributed by atoms with Gasteiger partial charge in [-0.2, -0.15) is 0 Å². The second kappa shape index (κ2) is 8.17. The minimum absolute atomic E-state index is 0.0936. The van der Waals surface area contributed by atoms with Crippen molar-refractivity contribution in [2.75, 3.05) is 31.6 Å². The molecule has 0 aliphatic carbocycles. The maximum Gasteiger partial charge on any atom is 0.337 e. The van der Waals surface area contributed by atoms with Gasteiger partial charge in [0.25, 0.3) is 0 Å². The number of benzene rings is 1. The van der Waals surface area contributed by atoms with Crippen LogP contribution >= 0.6 is 0 Å². The third-order valence-electron chi connectivity index (χ3n) is 4.89. The first-order chi connectivity index (χ1) is 13.8. The van der Waals surface area contributed by atoms with Crippen LogP contribution in [0.4, 0.5) is 5.82 Å². The number of nitrogens with zero attached hydrogens (tertiary/aromatic N) is 2. The number of ether oxygens (including phenoxy) is 1. The Labute approximate surface area is 167 Å². The van der Waals surface area contributed by atoms with E-state index in [1.165, 1.54) is 12.3 Å². The molecule has 0 saturated carbocycles. The zero-order valence-electron chi connectivity index (χ0n) is 15.9. The standard InChI is InChI=1S/C20H22N4O5/c1-29-15-4-2-3-13(7-15)8-20(19(28)23-10-16(21)25)11-24(12-20)17-6-5-14(9-22-17)18(26)27/h2-7,9H,8,10-12H2,1H3,(H2,21,25)(H,23,28)(H,26,27). The summed E-state index contributed by atoms with van der Waals surface area (Å²) in [6.07, 6.45) is 1.73. The molecule has 3 rings (SSSR count). The second-order valence-electron chi connectivity index (χ2n) is 7.02. The summed E-state index contributed by atoms with van der Waals surface area (Å²) in [6, 6.07) is 10.5. The molecule has 0 unspecified atom stereocenters. The van der Waals surface area contributed by atoms with Gasteiger partial charge in [-0.25, -0.2) is 9.78 Å². The summed E-state index contributed by atoms with van der Waals surface area (Å²) in [7, 11) is 1.58. The fourth-order valence-electron chi connectivity index (χ4n) is 3.41. The van der Waals surface area contributed by atoms with Crippen LogP contribution in [-0.4, -0.2) is 54.6 Å². The summed E-state index contributed by atoms with van der Waals surface area (Å²) in [6.45, 7) is 0.507. The van der Waals surface area contributed by atoms with Gasteiger partial charge in [0.1, 0.15) is 11.6 Å². The van der Waals surface area contributed by atoms with Crippen molar-refractivity contribution >= 4 is 23.6 Å². The number of amides is 2. The molecule has 9 heteroatoms. The average molecular weight is 398 g/mol. The van der Waals surface area contributed by atoms with Crippen LogP contribution < -0.4 is 20.7 Å². The smallest absolute Gasteiger partial charge is 0.337 e. The van der Waals surface area contributed by atoms with Crippen molar-refractivity contribution in [3.8, 4) is 5.75 Å². The zero-order chi connectivity index (χ0) is 21.0. The molecule has 2 heterocycles. The molecule has 0 spiro atoms. The van der Waals surface area contributed by atoms with E-state index in [2.05, 4.69) is 10.3 Å². The number of anilines is 1.